The van der Waals surface area contributed by atoms with E-state index < -0.39 is 11.7 Å². The van der Waals surface area contributed by atoms with Crippen LogP contribution in [0.5, 0.6) is 5.88 Å². The van der Waals surface area contributed by atoms with Crippen molar-refractivity contribution in [3.8, 4) is 5.88 Å². The summed E-state index contributed by atoms with van der Waals surface area (Å²) in [6.45, 7) is 5.45. The van der Waals surface area contributed by atoms with Crippen LogP contribution in [0.25, 0.3) is 10.2 Å². The highest BCUT2D eigenvalue weighted by Crippen LogP contribution is 2.30. The van der Waals surface area contributed by atoms with E-state index in [1.165, 1.54) is 11.3 Å². The maximum absolute atomic E-state index is 11.9. The van der Waals surface area contributed by atoms with Gasteiger partial charge in [-0.25, -0.2) is 14.8 Å². The van der Waals surface area contributed by atoms with Crippen LogP contribution in [0.3, 0.4) is 0 Å². The second-order valence-electron chi connectivity index (χ2n) is 6.54. The van der Waals surface area contributed by atoms with Gasteiger partial charge in [-0.3, -0.25) is 5.32 Å². The SMILES string of the molecule is COc1cc(Nc2ccc3nc(NC(=O)OC(C)(C)C)sc3c2)ccn1. The van der Waals surface area contributed by atoms with Crippen molar-refractivity contribution >= 4 is 44.2 Å². The molecule has 0 aliphatic carbocycles. The quantitative estimate of drug-likeness (QED) is 0.685. The number of anilines is 3. The number of rotatable bonds is 4. The van der Waals surface area contributed by atoms with Crippen molar-refractivity contribution in [1.82, 2.24) is 9.97 Å². The molecule has 3 rings (SSSR count). The Labute approximate surface area is 155 Å². The Hall–Kier alpha value is -2.87. The zero-order chi connectivity index (χ0) is 18.7. The second kappa shape index (κ2) is 7.17. The minimum absolute atomic E-state index is 0.497. The lowest BCUT2D eigenvalue weighted by molar-refractivity contribution is 0.0636. The van der Waals surface area contributed by atoms with Crippen LogP contribution in [0, 0.1) is 0 Å². The summed E-state index contributed by atoms with van der Waals surface area (Å²) in [6, 6.07) is 9.46. The number of thiazole rings is 1. The summed E-state index contributed by atoms with van der Waals surface area (Å²) in [5.41, 5.74) is 2.02. The largest absolute Gasteiger partial charge is 0.481 e. The van der Waals surface area contributed by atoms with E-state index in [0.29, 0.717) is 11.0 Å². The molecule has 0 radical (unpaired) electrons. The molecule has 0 bridgehead atoms. The second-order valence-corrected chi connectivity index (χ2v) is 7.57. The van der Waals surface area contributed by atoms with E-state index >= 15 is 0 Å². The Bertz CT molecular complexity index is 934. The van der Waals surface area contributed by atoms with Crippen LogP contribution < -0.4 is 15.4 Å². The van der Waals surface area contributed by atoms with Crippen molar-refractivity contribution in [1.29, 1.82) is 0 Å². The average Bonchev–Trinajstić information content (AvgIpc) is 2.94. The fraction of sp³-hybridized carbons (Fsp3) is 0.278. The fourth-order valence-electron chi connectivity index (χ4n) is 2.21. The van der Waals surface area contributed by atoms with E-state index in [-0.39, 0.29) is 0 Å². The highest BCUT2D eigenvalue weighted by molar-refractivity contribution is 7.22. The summed E-state index contributed by atoms with van der Waals surface area (Å²) in [5, 5.41) is 6.47. The smallest absolute Gasteiger partial charge is 0.413 e. The molecule has 0 saturated heterocycles. The first kappa shape index (κ1) is 17.9. The molecule has 1 amide bonds. The van der Waals surface area contributed by atoms with Crippen LogP contribution in [0.1, 0.15) is 20.8 Å². The first-order valence-corrected chi connectivity index (χ1v) is 8.82. The van der Waals surface area contributed by atoms with Gasteiger partial charge in [0.2, 0.25) is 5.88 Å². The molecule has 7 nitrogen and oxygen atoms in total. The summed E-state index contributed by atoms with van der Waals surface area (Å²) in [7, 11) is 1.58. The van der Waals surface area contributed by atoms with Crippen LogP contribution in [0.4, 0.5) is 21.3 Å². The number of hydrogen-bond acceptors (Lipinski definition) is 7. The number of pyridine rings is 1. The van der Waals surface area contributed by atoms with Crippen LogP contribution in [0.15, 0.2) is 36.5 Å². The maximum atomic E-state index is 11.9. The Balaban J connectivity index is 1.75. The van der Waals surface area contributed by atoms with Crippen molar-refractivity contribution in [2.75, 3.05) is 17.7 Å². The topological polar surface area (TPSA) is 85.4 Å². The van der Waals surface area contributed by atoms with Gasteiger partial charge in [0, 0.05) is 23.6 Å². The molecule has 1 aromatic carbocycles. The summed E-state index contributed by atoms with van der Waals surface area (Å²) < 4.78 is 11.3. The average molecular weight is 372 g/mol. The van der Waals surface area contributed by atoms with Gasteiger partial charge >= 0.3 is 6.09 Å². The monoisotopic (exact) mass is 372 g/mol. The number of methoxy groups -OCH3 is 1. The normalized spacial score (nSPS) is 11.2. The molecular weight excluding hydrogens is 352 g/mol. The molecule has 2 heterocycles. The van der Waals surface area contributed by atoms with E-state index in [4.69, 9.17) is 9.47 Å². The molecule has 2 N–H and O–H groups in total. The third-order valence-electron chi connectivity index (χ3n) is 3.23. The van der Waals surface area contributed by atoms with Crippen LogP contribution >= 0.6 is 11.3 Å². The zero-order valence-electron chi connectivity index (χ0n) is 15.0. The van der Waals surface area contributed by atoms with Gasteiger partial charge in [-0.05, 0) is 45.0 Å². The number of ether oxygens (including phenoxy) is 2. The lowest BCUT2D eigenvalue weighted by Crippen LogP contribution is -2.27. The van der Waals surface area contributed by atoms with Gasteiger partial charge < -0.3 is 14.8 Å². The standard InChI is InChI=1S/C18H20N4O3S/c1-18(2,3)25-17(23)22-16-21-13-6-5-11(9-14(13)26-16)20-12-7-8-19-15(10-12)24-4/h5-10H,1-4H3,(H,19,20)(H,21,22,23). The number of nitrogens with zero attached hydrogens (tertiary/aromatic N) is 2. The molecule has 0 aliphatic heterocycles. The van der Waals surface area contributed by atoms with Gasteiger partial charge in [-0.15, -0.1) is 0 Å². The molecule has 0 atom stereocenters. The van der Waals surface area contributed by atoms with E-state index in [0.717, 1.165) is 21.6 Å². The minimum atomic E-state index is -0.552. The number of aromatic nitrogens is 2. The predicted molar refractivity (Wildman–Crippen MR) is 104 cm³/mol. The maximum Gasteiger partial charge on any atom is 0.413 e. The third-order valence-corrected chi connectivity index (χ3v) is 4.16. The van der Waals surface area contributed by atoms with E-state index in [9.17, 15) is 4.79 Å². The molecule has 26 heavy (non-hydrogen) atoms. The number of fused-ring (bicyclic) bond motifs is 1. The van der Waals surface area contributed by atoms with Crippen molar-refractivity contribution in [2.45, 2.75) is 26.4 Å². The highest BCUT2D eigenvalue weighted by Gasteiger charge is 2.17. The van der Waals surface area contributed by atoms with Crippen molar-refractivity contribution in [3.63, 3.8) is 0 Å². The minimum Gasteiger partial charge on any atom is -0.481 e. The van der Waals surface area contributed by atoms with Gasteiger partial charge in [0.25, 0.3) is 0 Å². The van der Waals surface area contributed by atoms with Gasteiger partial charge in [0.1, 0.15) is 5.60 Å². The Morgan fingerprint density at radius 1 is 1.15 bits per heavy atom. The first-order chi connectivity index (χ1) is 12.3. The number of hydrogen-bond donors (Lipinski definition) is 2. The predicted octanol–water partition coefficient (Wildman–Crippen LogP) is 4.79. The summed E-state index contributed by atoms with van der Waals surface area (Å²) in [6.07, 6.45) is 1.16. The van der Waals surface area contributed by atoms with Gasteiger partial charge in [-0.1, -0.05) is 11.3 Å². The molecule has 2 aromatic heterocycles. The van der Waals surface area contributed by atoms with Crippen molar-refractivity contribution in [2.24, 2.45) is 0 Å². The van der Waals surface area contributed by atoms with Gasteiger partial charge in [0.05, 0.1) is 17.3 Å². The Kier molecular flexibility index (Phi) is 4.94. The van der Waals surface area contributed by atoms with Crippen molar-refractivity contribution in [3.05, 3.63) is 36.5 Å². The molecule has 0 saturated carbocycles. The van der Waals surface area contributed by atoms with E-state index in [2.05, 4.69) is 20.6 Å². The number of benzene rings is 1. The third kappa shape index (κ3) is 4.60. The summed E-state index contributed by atoms with van der Waals surface area (Å²) >= 11 is 1.38. The molecule has 3 aromatic rings. The number of carbonyl (C=O) groups excluding carboxylic acids is 1. The lowest BCUT2D eigenvalue weighted by atomic mass is 10.2. The van der Waals surface area contributed by atoms with Crippen LogP contribution in [-0.2, 0) is 4.74 Å². The number of amides is 1. The molecular formula is C18H20N4O3S. The van der Waals surface area contributed by atoms with Crippen molar-refractivity contribution < 1.29 is 14.3 Å². The number of carbonyl (C=O) groups is 1. The zero-order valence-corrected chi connectivity index (χ0v) is 15.8. The first-order valence-electron chi connectivity index (χ1n) is 8.00. The Morgan fingerprint density at radius 2 is 1.92 bits per heavy atom. The molecule has 0 unspecified atom stereocenters. The molecule has 0 fully saturated rings. The van der Waals surface area contributed by atoms with E-state index in [1.807, 2.05) is 51.1 Å². The summed E-state index contributed by atoms with van der Waals surface area (Å²) in [5.74, 6) is 0.540. The summed E-state index contributed by atoms with van der Waals surface area (Å²) in [4.78, 5) is 20.4. The van der Waals surface area contributed by atoms with Crippen LogP contribution in [0.2, 0.25) is 0 Å². The molecule has 8 heteroatoms. The number of nitrogens with one attached hydrogen (secondary N) is 2. The lowest BCUT2D eigenvalue weighted by Gasteiger charge is -2.18. The van der Waals surface area contributed by atoms with E-state index in [1.54, 1.807) is 13.3 Å². The van der Waals surface area contributed by atoms with Gasteiger partial charge in [-0.2, -0.15) is 0 Å². The highest BCUT2D eigenvalue weighted by atomic mass is 32.1. The Morgan fingerprint density at radius 3 is 2.65 bits per heavy atom. The van der Waals surface area contributed by atoms with Gasteiger partial charge in [0.15, 0.2) is 5.13 Å². The van der Waals surface area contributed by atoms with Crippen LogP contribution in [-0.4, -0.2) is 28.8 Å². The molecule has 0 spiro atoms. The molecule has 0 aliphatic rings. The molecule has 136 valence electrons. The fourth-order valence-corrected chi connectivity index (χ4v) is 3.10.